The minimum absolute atomic E-state index is 0.0168. The Kier molecular flexibility index (Phi) is 4.68. The second-order valence-corrected chi connectivity index (χ2v) is 3.79. The number of hydrogen-bond donors (Lipinski definition) is 2. The van der Waals surface area contributed by atoms with Crippen molar-refractivity contribution in [2.75, 3.05) is 6.54 Å². The molecule has 0 bridgehead atoms. The van der Waals surface area contributed by atoms with Crippen LogP contribution in [0.2, 0.25) is 0 Å². The van der Waals surface area contributed by atoms with E-state index in [1.807, 2.05) is 6.92 Å². The van der Waals surface area contributed by atoms with Crippen LogP contribution in [0.25, 0.3) is 0 Å². The van der Waals surface area contributed by atoms with E-state index in [0.717, 1.165) is 12.8 Å². The quantitative estimate of drug-likeness (QED) is 0.727. The maximum absolute atomic E-state index is 11.7. The number of aromatic nitrogens is 2. The predicted molar refractivity (Wildman–Crippen MR) is 61.8 cm³/mol. The Morgan fingerprint density at radius 1 is 1.59 bits per heavy atom. The first kappa shape index (κ1) is 13.2. The van der Waals surface area contributed by atoms with Gasteiger partial charge in [-0.25, -0.2) is 9.48 Å². The maximum atomic E-state index is 11.7. The van der Waals surface area contributed by atoms with E-state index in [0.29, 0.717) is 6.54 Å². The molecule has 1 aromatic heterocycles. The molecule has 1 unspecified atom stereocenters. The molecular weight excluding hydrogens is 222 g/mol. The van der Waals surface area contributed by atoms with Gasteiger partial charge in [0.2, 0.25) is 5.91 Å². The molecule has 1 aromatic rings. The van der Waals surface area contributed by atoms with Gasteiger partial charge in [-0.3, -0.25) is 4.79 Å². The van der Waals surface area contributed by atoms with Crippen LogP contribution in [-0.4, -0.2) is 33.3 Å². The van der Waals surface area contributed by atoms with Gasteiger partial charge in [-0.05, 0) is 19.4 Å². The minimum atomic E-state index is -1.09. The van der Waals surface area contributed by atoms with Crippen LogP contribution < -0.4 is 5.32 Å². The van der Waals surface area contributed by atoms with E-state index < -0.39 is 12.0 Å². The summed E-state index contributed by atoms with van der Waals surface area (Å²) in [5.41, 5.74) is 0.0168. The zero-order valence-corrected chi connectivity index (χ0v) is 10.0. The van der Waals surface area contributed by atoms with Crippen molar-refractivity contribution < 1.29 is 14.7 Å². The molecule has 0 aliphatic carbocycles. The third kappa shape index (κ3) is 3.30. The number of carbonyl (C=O) groups excluding carboxylic acids is 1. The Labute approximate surface area is 99.6 Å². The van der Waals surface area contributed by atoms with Gasteiger partial charge in [-0.15, -0.1) is 0 Å². The summed E-state index contributed by atoms with van der Waals surface area (Å²) in [5.74, 6) is -1.31. The first-order valence-corrected chi connectivity index (χ1v) is 5.62. The number of carbonyl (C=O) groups is 2. The van der Waals surface area contributed by atoms with Gasteiger partial charge in [0.05, 0.1) is 0 Å². The van der Waals surface area contributed by atoms with Crippen LogP contribution in [0.1, 0.15) is 43.2 Å². The van der Waals surface area contributed by atoms with E-state index in [1.165, 1.54) is 16.9 Å². The van der Waals surface area contributed by atoms with Crippen molar-refractivity contribution in [2.45, 2.75) is 32.7 Å². The fourth-order valence-electron chi connectivity index (χ4n) is 1.44. The highest BCUT2D eigenvalue weighted by atomic mass is 16.4. The van der Waals surface area contributed by atoms with E-state index in [2.05, 4.69) is 10.4 Å². The Balaban J connectivity index is 2.68. The summed E-state index contributed by atoms with van der Waals surface area (Å²) in [5, 5.41) is 15.5. The van der Waals surface area contributed by atoms with Crippen LogP contribution in [0.3, 0.4) is 0 Å². The van der Waals surface area contributed by atoms with Crippen LogP contribution in [0, 0.1) is 0 Å². The van der Waals surface area contributed by atoms with Crippen molar-refractivity contribution >= 4 is 11.9 Å². The summed E-state index contributed by atoms with van der Waals surface area (Å²) < 4.78 is 1.21. The molecule has 1 atom stereocenters. The Hall–Kier alpha value is -1.85. The zero-order chi connectivity index (χ0) is 12.8. The van der Waals surface area contributed by atoms with Crippen molar-refractivity contribution in [1.82, 2.24) is 15.1 Å². The van der Waals surface area contributed by atoms with Crippen molar-refractivity contribution in [2.24, 2.45) is 0 Å². The van der Waals surface area contributed by atoms with Gasteiger partial charge in [-0.2, -0.15) is 5.10 Å². The standard InChI is InChI=1S/C11H17N3O3/c1-3-4-6-12-10(15)8(2)14-9(11(16)17)5-7-13-14/h5,7-8H,3-4,6H2,1-2H3,(H,12,15)(H,16,17). The van der Waals surface area contributed by atoms with Crippen LogP contribution in [0.5, 0.6) is 0 Å². The summed E-state index contributed by atoms with van der Waals surface area (Å²) in [6.45, 7) is 4.26. The second kappa shape index (κ2) is 6.03. The van der Waals surface area contributed by atoms with E-state index in [1.54, 1.807) is 6.92 Å². The van der Waals surface area contributed by atoms with Gasteiger partial charge < -0.3 is 10.4 Å². The first-order valence-electron chi connectivity index (χ1n) is 5.62. The van der Waals surface area contributed by atoms with Gasteiger partial charge in [0, 0.05) is 12.7 Å². The molecule has 0 aromatic carbocycles. The second-order valence-electron chi connectivity index (χ2n) is 3.79. The van der Waals surface area contributed by atoms with Crippen LogP contribution in [-0.2, 0) is 4.79 Å². The highest BCUT2D eigenvalue weighted by molar-refractivity contribution is 5.87. The van der Waals surface area contributed by atoms with Crippen LogP contribution in [0.4, 0.5) is 0 Å². The largest absolute Gasteiger partial charge is 0.477 e. The van der Waals surface area contributed by atoms with Gasteiger partial charge in [0.25, 0.3) is 0 Å². The summed E-state index contributed by atoms with van der Waals surface area (Å²) in [4.78, 5) is 22.6. The number of aromatic carboxylic acids is 1. The van der Waals surface area contributed by atoms with E-state index in [9.17, 15) is 9.59 Å². The Morgan fingerprint density at radius 3 is 2.88 bits per heavy atom. The third-order valence-electron chi connectivity index (χ3n) is 2.47. The number of nitrogens with one attached hydrogen (secondary N) is 1. The summed E-state index contributed by atoms with van der Waals surface area (Å²) in [6, 6.07) is 0.756. The lowest BCUT2D eigenvalue weighted by Crippen LogP contribution is -2.33. The molecule has 6 nitrogen and oxygen atoms in total. The highest BCUT2D eigenvalue weighted by Crippen LogP contribution is 2.09. The summed E-state index contributed by atoms with van der Waals surface area (Å²) >= 11 is 0. The monoisotopic (exact) mass is 239 g/mol. The fourth-order valence-corrected chi connectivity index (χ4v) is 1.44. The number of amides is 1. The molecule has 0 radical (unpaired) electrons. The third-order valence-corrected chi connectivity index (χ3v) is 2.47. The molecule has 2 N–H and O–H groups in total. The topological polar surface area (TPSA) is 84.2 Å². The van der Waals surface area contributed by atoms with Crippen molar-refractivity contribution in [3.63, 3.8) is 0 Å². The molecule has 1 amide bonds. The molecule has 0 aliphatic heterocycles. The first-order chi connectivity index (χ1) is 8.07. The lowest BCUT2D eigenvalue weighted by atomic mass is 10.3. The Morgan fingerprint density at radius 2 is 2.29 bits per heavy atom. The molecule has 6 heteroatoms. The molecule has 17 heavy (non-hydrogen) atoms. The van der Waals surface area contributed by atoms with Crippen LogP contribution in [0.15, 0.2) is 12.3 Å². The highest BCUT2D eigenvalue weighted by Gasteiger charge is 2.20. The van der Waals surface area contributed by atoms with Crippen molar-refractivity contribution in [1.29, 1.82) is 0 Å². The molecule has 0 saturated carbocycles. The summed E-state index contributed by atoms with van der Waals surface area (Å²) in [6.07, 6.45) is 3.28. The SMILES string of the molecule is CCCCNC(=O)C(C)n1nccc1C(=O)O. The normalized spacial score (nSPS) is 12.1. The lowest BCUT2D eigenvalue weighted by Gasteiger charge is -2.14. The lowest BCUT2D eigenvalue weighted by molar-refractivity contribution is -0.124. The number of hydrogen-bond acceptors (Lipinski definition) is 3. The van der Waals surface area contributed by atoms with Crippen molar-refractivity contribution in [3.8, 4) is 0 Å². The average Bonchev–Trinajstić information content (AvgIpc) is 2.77. The molecule has 0 aliphatic rings. The molecule has 0 saturated heterocycles. The smallest absolute Gasteiger partial charge is 0.354 e. The Bertz CT molecular complexity index is 400. The molecule has 0 fully saturated rings. The maximum Gasteiger partial charge on any atom is 0.354 e. The molecular formula is C11H17N3O3. The van der Waals surface area contributed by atoms with Gasteiger partial charge in [0.1, 0.15) is 11.7 Å². The van der Waals surface area contributed by atoms with Gasteiger partial charge >= 0.3 is 5.97 Å². The number of carboxylic acids is 1. The fraction of sp³-hybridized carbons (Fsp3) is 0.545. The number of rotatable bonds is 6. The summed E-state index contributed by atoms with van der Waals surface area (Å²) in [7, 11) is 0. The number of carboxylic acid groups (broad SMARTS) is 1. The number of nitrogens with zero attached hydrogens (tertiary/aromatic N) is 2. The number of unbranched alkanes of at least 4 members (excludes halogenated alkanes) is 1. The van der Waals surface area contributed by atoms with E-state index >= 15 is 0 Å². The average molecular weight is 239 g/mol. The van der Waals surface area contributed by atoms with Crippen molar-refractivity contribution in [3.05, 3.63) is 18.0 Å². The van der Waals surface area contributed by atoms with E-state index in [-0.39, 0.29) is 11.6 Å². The molecule has 94 valence electrons. The van der Waals surface area contributed by atoms with Gasteiger partial charge in [0.15, 0.2) is 0 Å². The minimum Gasteiger partial charge on any atom is -0.477 e. The zero-order valence-electron chi connectivity index (χ0n) is 10.0. The molecule has 1 rings (SSSR count). The predicted octanol–water partition coefficient (Wildman–Crippen LogP) is 1.06. The van der Waals surface area contributed by atoms with Gasteiger partial charge in [-0.1, -0.05) is 13.3 Å². The molecule has 0 spiro atoms. The van der Waals surface area contributed by atoms with Crippen LogP contribution >= 0.6 is 0 Å². The van der Waals surface area contributed by atoms with E-state index in [4.69, 9.17) is 5.11 Å². The molecule has 1 heterocycles.